The molecule has 122 valence electrons. The van der Waals surface area contributed by atoms with Crippen molar-refractivity contribution in [2.75, 3.05) is 11.9 Å². The molecule has 6 heteroatoms. The largest absolute Gasteiger partial charge is 0.375 e. The van der Waals surface area contributed by atoms with E-state index in [-0.39, 0.29) is 18.1 Å². The van der Waals surface area contributed by atoms with Crippen LogP contribution in [0.5, 0.6) is 0 Å². The number of carbonyl (C=O) groups excluding carboxylic acids is 1. The Morgan fingerprint density at radius 2 is 2.27 bits per heavy atom. The smallest absolute Gasteiger partial charge is 0.255 e. The lowest BCUT2D eigenvalue weighted by Gasteiger charge is -2.26. The van der Waals surface area contributed by atoms with Gasteiger partial charge in [-0.3, -0.25) is 10.1 Å². The Morgan fingerprint density at radius 3 is 3.00 bits per heavy atom. The van der Waals surface area contributed by atoms with E-state index in [9.17, 15) is 4.79 Å². The molecule has 1 N–H and O–H groups in total. The third-order valence-corrected chi connectivity index (χ3v) is 5.28. The summed E-state index contributed by atoms with van der Waals surface area (Å²) < 4.78 is 11.4. The lowest BCUT2D eigenvalue weighted by Crippen LogP contribution is -2.34. The summed E-state index contributed by atoms with van der Waals surface area (Å²) in [6.07, 6.45) is 7.25. The van der Waals surface area contributed by atoms with E-state index in [1.54, 1.807) is 0 Å². The van der Waals surface area contributed by atoms with Crippen LogP contribution in [0.3, 0.4) is 0 Å². The minimum atomic E-state index is -0.375. The van der Waals surface area contributed by atoms with E-state index < -0.39 is 0 Å². The molecule has 1 aliphatic heterocycles. The second kappa shape index (κ2) is 7.53. The summed E-state index contributed by atoms with van der Waals surface area (Å²) in [6, 6.07) is 0. The summed E-state index contributed by atoms with van der Waals surface area (Å²) in [5, 5.41) is 3.60. The van der Waals surface area contributed by atoms with Gasteiger partial charge in [0.1, 0.15) is 6.10 Å². The molecule has 1 aliphatic carbocycles. The van der Waals surface area contributed by atoms with Crippen molar-refractivity contribution in [2.45, 2.75) is 70.7 Å². The second-order valence-electron chi connectivity index (χ2n) is 5.97. The van der Waals surface area contributed by atoms with E-state index in [1.165, 1.54) is 30.6 Å². The Morgan fingerprint density at radius 1 is 1.45 bits per heavy atom. The van der Waals surface area contributed by atoms with Crippen molar-refractivity contribution >= 4 is 22.4 Å². The molecule has 0 bridgehead atoms. The number of rotatable bonds is 5. The van der Waals surface area contributed by atoms with E-state index in [4.69, 9.17) is 9.47 Å². The molecule has 0 radical (unpaired) electrons. The zero-order valence-electron chi connectivity index (χ0n) is 13.1. The third kappa shape index (κ3) is 3.86. The molecular weight excluding hydrogens is 300 g/mol. The van der Waals surface area contributed by atoms with Gasteiger partial charge >= 0.3 is 0 Å². The van der Waals surface area contributed by atoms with Gasteiger partial charge < -0.3 is 9.47 Å². The highest BCUT2D eigenvalue weighted by Gasteiger charge is 2.25. The fourth-order valence-electron chi connectivity index (χ4n) is 3.04. The zero-order valence-corrected chi connectivity index (χ0v) is 13.9. The summed E-state index contributed by atoms with van der Waals surface area (Å²) in [7, 11) is 0. The topological polar surface area (TPSA) is 60.5 Å². The van der Waals surface area contributed by atoms with Gasteiger partial charge in [0.2, 0.25) is 0 Å². The predicted octanol–water partition coefficient (Wildman–Crippen LogP) is 3.28. The van der Waals surface area contributed by atoms with E-state index in [1.807, 2.05) is 6.92 Å². The molecular formula is C16H24N2O3S. The van der Waals surface area contributed by atoms with Crippen molar-refractivity contribution in [3.63, 3.8) is 0 Å². The lowest BCUT2D eigenvalue weighted by molar-refractivity contribution is -0.132. The Labute approximate surface area is 135 Å². The molecule has 2 aliphatic rings. The number of amides is 1. The number of aromatic nitrogens is 1. The number of nitrogens with one attached hydrogen (secondary N) is 1. The Balaban J connectivity index is 1.57. The standard InChI is InChI=1S/C16H24N2O3S/c1-2-13(21-11-6-4-3-5-7-11)15(19)18-16-17-12-8-9-20-10-14(12)22-16/h11,13H,2-10H2,1H3,(H,17,18,19)/t13-/m0/s1. The van der Waals surface area contributed by atoms with Crippen molar-refractivity contribution < 1.29 is 14.3 Å². The van der Waals surface area contributed by atoms with Gasteiger partial charge in [-0.25, -0.2) is 4.98 Å². The lowest BCUT2D eigenvalue weighted by atomic mass is 9.97. The SMILES string of the molecule is CC[C@H](OC1CCCCC1)C(=O)Nc1nc2c(s1)COCC2. The van der Waals surface area contributed by atoms with Crippen LogP contribution in [0.15, 0.2) is 0 Å². The van der Waals surface area contributed by atoms with Gasteiger partial charge in [0.25, 0.3) is 5.91 Å². The number of carbonyl (C=O) groups is 1. The quantitative estimate of drug-likeness (QED) is 0.903. The van der Waals surface area contributed by atoms with Gasteiger partial charge in [0, 0.05) is 6.42 Å². The van der Waals surface area contributed by atoms with Crippen LogP contribution in [0.1, 0.15) is 56.0 Å². The van der Waals surface area contributed by atoms with Crippen molar-refractivity contribution in [1.29, 1.82) is 0 Å². The molecule has 0 aromatic carbocycles. The van der Waals surface area contributed by atoms with Crippen LogP contribution in [-0.4, -0.2) is 29.7 Å². The van der Waals surface area contributed by atoms with Gasteiger partial charge in [0.05, 0.1) is 29.9 Å². The van der Waals surface area contributed by atoms with Crippen molar-refractivity contribution in [2.24, 2.45) is 0 Å². The van der Waals surface area contributed by atoms with Crippen LogP contribution in [0, 0.1) is 0 Å². The molecule has 1 saturated carbocycles. The number of hydrogen-bond acceptors (Lipinski definition) is 5. The van der Waals surface area contributed by atoms with Gasteiger partial charge in [-0.15, -0.1) is 0 Å². The molecule has 5 nitrogen and oxygen atoms in total. The summed E-state index contributed by atoms with van der Waals surface area (Å²) in [5.74, 6) is -0.0694. The average Bonchev–Trinajstić information content (AvgIpc) is 2.95. The van der Waals surface area contributed by atoms with E-state index >= 15 is 0 Å². The first-order valence-electron chi connectivity index (χ1n) is 8.29. The molecule has 1 aromatic rings. The highest BCUT2D eigenvalue weighted by Crippen LogP contribution is 2.28. The molecule has 1 amide bonds. The summed E-state index contributed by atoms with van der Waals surface area (Å²) in [6.45, 7) is 3.32. The minimum absolute atomic E-state index is 0.0694. The number of nitrogens with zero attached hydrogens (tertiary/aromatic N) is 1. The Bertz CT molecular complexity index is 488. The number of fused-ring (bicyclic) bond motifs is 1. The van der Waals surface area contributed by atoms with Gasteiger partial charge in [-0.1, -0.05) is 37.5 Å². The van der Waals surface area contributed by atoms with Crippen molar-refractivity contribution in [3.05, 3.63) is 10.6 Å². The van der Waals surface area contributed by atoms with Gasteiger partial charge in [-0.05, 0) is 19.3 Å². The molecule has 22 heavy (non-hydrogen) atoms. The van der Waals surface area contributed by atoms with Gasteiger partial charge in [0.15, 0.2) is 5.13 Å². The molecule has 0 unspecified atom stereocenters. The first-order chi connectivity index (χ1) is 10.8. The number of anilines is 1. The van der Waals surface area contributed by atoms with E-state index in [0.717, 1.165) is 29.8 Å². The second-order valence-corrected chi connectivity index (χ2v) is 7.06. The molecule has 1 aromatic heterocycles. The summed E-state index contributed by atoms with van der Waals surface area (Å²) >= 11 is 1.51. The zero-order chi connectivity index (χ0) is 15.4. The van der Waals surface area contributed by atoms with Crippen LogP contribution in [0.2, 0.25) is 0 Å². The fraction of sp³-hybridized carbons (Fsp3) is 0.750. The molecule has 1 fully saturated rings. The highest BCUT2D eigenvalue weighted by molar-refractivity contribution is 7.15. The van der Waals surface area contributed by atoms with Crippen LogP contribution in [0.4, 0.5) is 5.13 Å². The molecule has 3 rings (SSSR count). The molecule has 2 heterocycles. The van der Waals surface area contributed by atoms with Crippen LogP contribution in [-0.2, 0) is 27.3 Å². The minimum Gasteiger partial charge on any atom is -0.375 e. The molecule has 1 atom stereocenters. The monoisotopic (exact) mass is 324 g/mol. The number of ether oxygens (including phenoxy) is 2. The van der Waals surface area contributed by atoms with E-state index in [2.05, 4.69) is 10.3 Å². The van der Waals surface area contributed by atoms with Gasteiger partial charge in [-0.2, -0.15) is 0 Å². The van der Waals surface area contributed by atoms with Crippen LogP contribution < -0.4 is 5.32 Å². The van der Waals surface area contributed by atoms with Crippen molar-refractivity contribution in [3.8, 4) is 0 Å². The molecule has 0 saturated heterocycles. The van der Waals surface area contributed by atoms with Crippen molar-refractivity contribution in [1.82, 2.24) is 4.98 Å². The summed E-state index contributed by atoms with van der Waals surface area (Å²) in [4.78, 5) is 18.1. The Kier molecular flexibility index (Phi) is 5.44. The van der Waals surface area contributed by atoms with Crippen LogP contribution in [0.25, 0.3) is 0 Å². The first kappa shape index (κ1) is 15.9. The maximum atomic E-state index is 12.4. The van der Waals surface area contributed by atoms with Crippen LogP contribution >= 0.6 is 11.3 Å². The third-order valence-electron chi connectivity index (χ3n) is 4.30. The Hall–Kier alpha value is -0.980. The fourth-order valence-corrected chi connectivity index (χ4v) is 3.99. The maximum absolute atomic E-state index is 12.4. The number of hydrogen-bond donors (Lipinski definition) is 1. The summed E-state index contributed by atoms with van der Waals surface area (Å²) in [5.41, 5.74) is 1.06. The normalized spacial score (nSPS) is 20.4. The predicted molar refractivity (Wildman–Crippen MR) is 86.1 cm³/mol. The first-order valence-corrected chi connectivity index (χ1v) is 9.10. The molecule has 0 spiro atoms. The maximum Gasteiger partial charge on any atom is 0.255 e. The highest BCUT2D eigenvalue weighted by atomic mass is 32.1. The average molecular weight is 324 g/mol. The van der Waals surface area contributed by atoms with E-state index in [0.29, 0.717) is 24.8 Å². The number of thiazole rings is 1.